The van der Waals surface area contributed by atoms with Gasteiger partial charge in [-0.25, -0.2) is 9.98 Å². The van der Waals surface area contributed by atoms with Gasteiger partial charge in [-0.15, -0.1) is 22.7 Å². The number of aromatic nitrogens is 2. The fourth-order valence-corrected chi connectivity index (χ4v) is 9.09. The predicted molar refractivity (Wildman–Crippen MR) is 160 cm³/mol. The van der Waals surface area contributed by atoms with Gasteiger partial charge in [0.15, 0.2) is 14.2 Å². The Bertz CT molecular complexity index is 2060. The van der Waals surface area contributed by atoms with Crippen LogP contribution in [0.15, 0.2) is 107 Å². The van der Waals surface area contributed by atoms with E-state index in [2.05, 4.69) is 52.8 Å². The van der Waals surface area contributed by atoms with Crippen molar-refractivity contribution < 1.29 is 4.42 Å². The van der Waals surface area contributed by atoms with Crippen LogP contribution in [0.4, 0.5) is 0 Å². The molecule has 1 unspecified atom stereocenters. The first-order valence-electron chi connectivity index (χ1n) is 12.5. The molecular formula is C30H19N3O2S4. The second-order valence-electron chi connectivity index (χ2n) is 9.34. The van der Waals surface area contributed by atoms with Gasteiger partial charge in [-0.2, -0.15) is 0 Å². The number of aryl methyl sites for hydroxylation is 1. The molecule has 8 rings (SSSR count). The Hall–Kier alpha value is -3.50. The second kappa shape index (κ2) is 9.31. The summed E-state index contributed by atoms with van der Waals surface area (Å²) in [7, 11) is 0. The monoisotopic (exact) mass is 581 g/mol. The summed E-state index contributed by atoms with van der Waals surface area (Å²) < 4.78 is 10.7. The van der Waals surface area contributed by atoms with Crippen LogP contribution in [0.25, 0.3) is 22.0 Å². The van der Waals surface area contributed by atoms with E-state index in [1.807, 2.05) is 41.0 Å². The number of para-hydroxylation sites is 1. The summed E-state index contributed by atoms with van der Waals surface area (Å²) >= 11 is 6.26. The van der Waals surface area contributed by atoms with Gasteiger partial charge in [0.25, 0.3) is 5.56 Å². The van der Waals surface area contributed by atoms with Crippen LogP contribution in [-0.4, -0.2) is 9.55 Å². The normalized spacial score (nSPS) is 16.7. The highest BCUT2D eigenvalue weighted by Crippen LogP contribution is 2.42. The molecule has 0 fully saturated rings. The SMILES string of the molecule is O=c1c(=Cc2ccc(Sc3nc4ccccc4s3)o2)sc2n1C(c1cccs1)C1=C(N=2)c2ccccc2CC1. The number of rotatable bonds is 4. The van der Waals surface area contributed by atoms with Gasteiger partial charge in [0.1, 0.15) is 5.76 Å². The predicted octanol–water partition coefficient (Wildman–Crippen LogP) is 6.73. The summed E-state index contributed by atoms with van der Waals surface area (Å²) in [4.78, 5) is 25.5. The van der Waals surface area contributed by atoms with Crippen molar-refractivity contribution in [2.45, 2.75) is 28.3 Å². The van der Waals surface area contributed by atoms with Crippen LogP contribution in [-0.2, 0) is 6.42 Å². The molecule has 1 aliphatic carbocycles. The van der Waals surface area contributed by atoms with E-state index in [0.29, 0.717) is 10.3 Å². The van der Waals surface area contributed by atoms with Gasteiger partial charge in [-0.05, 0) is 71.5 Å². The molecule has 0 spiro atoms. The average Bonchev–Trinajstić information content (AvgIpc) is 3.76. The lowest BCUT2D eigenvalue weighted by atomic mass is 9.85. The zero-order valence-electron chi connectivity index (χ0n) is 20.4. The Morgan fingerprint density at radius 3 is 2.77 bits per heavy atom. The molecular weight excluding hydrogens is 563 g/mol. The molecule has 2 aliphatic rings. The first kappa shape index (κ1) is 23.4. The van der Waals surface area contributed by atoms with Crippen LogP contribution < -0.4 is 14.9 Å². The van der Waals surface area contributed by atoms with Crippen molar-refractivity contribution in [3.8, 4) is 0 Å². The number of nitrogens with zero attached hydrogens (tertiary/aromatic N) is 3. The van der Waals surface area contributed by atoms with Crippen molar-refractivity contribution in [2.24, 2.45) is 4.99 Å². The van der Waals surface area contributed by atoms with E-state index in [-0.39, 0.29) is 11.6 Å². The molecule has 6 aromatic rings. The van der Waals surface area contributed by atoms with Crippen molar-refractivity contribution in [1.29, 1.82) is 0 Å². The average molecular weight is 582 g/mol. The summed E-state index contributed by atoms with van der Waals surface area (Å²) in [5, 5.41) is 2.83. The summed E-state index contributed by atoms with van der Waals surface area (Å²) in [6.45, 7) is 0. The molecule has 0 radical (unpaired) electrons. The first-order chi connectivity index (χ1) is 19.2. The molecule has 0 amide bonds. The van der Waals surface area contributed by atoms with E-state index in [4.69, 9.17) is 9.41 Å². The molecule has 39 heavy (non-hydrogen) atoms. The lowest BCUT2D eigenvalue weighted by molar-refractivity contribution is 0.466. The fourth-order valence-electron chi connectivity index (χ4n) is 5.29. The van der Waals surface area contributed by atoms with Gasteiger partial charge in [0.2, 0.25) is 0 Å². The highest BCUT2D eigenvalue weighted by molar-refractivity contribution is 8.01. The number of fused-ring (bicyclic) bond motifs is 4. The topological polar surface area (TPSA) is 60.4 Å². The van der Waals surface area contributed by atoms with Crippen LogP contribution in [0.2, 0.25) is 0 Å². The number of thiophene rings is 1. The van der Waals surface area contributed by atoms with Crippen LogP contribution in [0.1, 0.15) is 34.2 Å². The van der Waals surface area contributed by atoms with E-state index < -0.39 is 0 Å². The summed E-state index contributed by atoms with van der Waals surface area (Å²) in [6, 6.07) is 24.5. The van der Waals surface area contributed by atoms with Gasteiger partial charge in [-0.3, -0.25) is 9.36 Å². The lowest BCUT2D eigenvalue weighted by Crippen LogP contribution is -2.38. The number of allylic oxidation sites excluding steroid dienone is 1. The maximum absolute atomic E-state index is 13.8. The zero-order chi connectivity index (χ0) is 25.9. The summed E-state index contributed by atoms with van der Waals surface area (Å²) in [5.41, 5.74) is 5.71. The van der Waals surface area contributed by atoms with Crippen LogP contribution in [0, 0.1) is 0 Å². The number of hydrogen-bond donors (Lipinski definition) is 0. The zero-order valence-corrected chi connectivity index (χ0v) is 23.6. The Morgan fingerprint density at radius 2 is 1.87 bits per heavy atom. The third kappa shape index (κ3) is 4.00. The highest BCUT2D eigenvalue weighted by Gasteiger charge is 2.33. The molecule has 0 saturated carbocycles. The number of hydrogen-bond acceptors (Lipinski definition) is 8. The Morgan fingerprint density at radius 1 is 0.974 bits per heavy atom. The Kier molecular flexibility index (Phi) is 5.58. The number of benzene rings is 2. The van der Waals surface area contributed by atoms with Crippen molar-refractivity contribution in [3.05, 3.63) is 125 Å². The number of furan rings is 1. The van der Waals surface area contributed by atoms with Crippen molar-refractivity contribution in [3.63, 3.8) is 0 Å². The van der Waals surface area contributed by atoms with Gasteiger partial charge >= 0.3 is 0 Å². The minimum absolute atomic E-state index is 0.0284. The minimum Gasteiger partial charge on any atom is -0.450 e. The molecule has 9 heteroatoms. The molecule has 2 aromatic carbocycles. The summed E-state index contributed by atoms with van der Waals surface area (Å²) in [5.74, 6) is 0.644. The van der Waals surface area contributed by atoms with Crippen molar-refractivity contribution in [2.75, 3.05) is 0 Å². The Balaban J connectivity index is 1.21. The van der Waals surface area contributed by atoms with Gasteiger partial charge in [-0.1, -0.05) is 53.8 Å². The molecule has 0 bridgehead atoms. The van der Waals surface area contributed by atoms with Crippen molar-refractivity contribution in [1.82, 2.24) is 9.55 Å². The summed E-state index contributed by atoms with van der Waals surface area (Å²) in [6.07, 6.45) is 3.69. The molecule has 0 saturated heterocycles. The molecule has 0 N–H and O–H groups in total. The molecule has 5 heterocycles. The van der Waals surface area contributed by atoms with Crippen LogP contribution in [0.3, 0.4) is 0 Å². The van der Waals surface area contributed by atoms with Crippen LogP contribution in [0.5, 0.6) is 0 Å². The maximum Gasteiger partial charge on any atom is 0.271 e. The standard InChI is InChI=1S/C30H19N3O2S4/c34-28-24(16-18-12-14-25(35-18)39-30-31-21-8-3-4-9-22(21)38-30)37-29-32-26-19-7-2-1-6-17(19)11-13-20(26)27(33(28)29)23-10-5-15-36-23/h1-10,12,14-16,27H,11,13H2. The lowest BCUT2D eigenvalue weighted by Gasteiger charge is -2.30. The first-order valence-corrected chi connectivity index (χ1v) is 15.8. The highest BCUT2D eigenvalue weighted by atomic mass is 32.2. The fraction of sp³-hybridized carbons (Fsp3) is 0.100. The largest absolute Gasteiger partial charge is 0.450 e. The van der Waals surface area contributed by atoms with Gasteiger partial charge in [0.05, 0.1) is 26.5 Å². The Labute approximate surface area is 239 Å². The van der Waals surface area contributed by atoms with E-state index in [1.165, 1.54) is 39.8 Å². The maximum atomic E-state index is 13.8. The van der Waals surface area contributed by atoms with Crippen LogP contribution >= 0.6 is 45.8 Å². The van der Waals surface area contributed by atoms with E-state index in [0.717, 1.165) is 47.9 Å². The smallest absolute Gasteiger partial charge is 0.271 e. The number of thiazole rings is 2. The molecule has 1 aliphatic heterocycles. The molecule has 1 atom stereocenters. The van der Waals surface area contributed by atoms with E-state index >= 15 is 0 Å². The quantitative estimate of drug-likeness (QED) is 0.232. The third-order valence-corrected chi connectivity index (χ3v) is 10.9. The van der Waals surface area contributed by atoms with E-state index in [1.54, 1.807) is 22.7 Å². The van der Waals surface area contributed by atoms with Gasteiger partial charge < -0.3 is 4.42 Å². The minimum atomic E-state index is -0.131. The molecule has 190 valence electrons. The van der Waals surface area contributed by atoms with E-state index in [9.17, 15) is 4.79 Å². The second-order valence-corrected chi connectivity index (χ2v) is 13.6. The molecule has 4 aromatic heterocycles. The third-order valence-electron chi connectivity index (χ3n) is 7.02. The van der Waals surface area contributed by atoms with Gasteiger partial charge in [0, 0.05) is 16.5 Å². The molecule has 5 nitrogen and oxygen atoms in total. The van der Waals surface area contributed by atoms with Crippen molar-refractivity contribution >= 4 is 67.8 Å².